The number of benzene rings is 1. The van der Waals surface area contributed by atoms with E-state index < -0.39 is 0 Å². The molecule has 0 bridgehead atoms. The molecule has 108 valence electrons. The summed E-state index contributed by atoms with van der Waals surface area (Å²) >= 11 is 0. The maximum absolute atomic E-state index is 12.4. The number of hydrogen-bond acceptors (Lipinski definition) is 3. The second-order valence-corrected chi connectivity index (χ2v) is 5.29. The minimum Gasteiger partial charge on any atom is -0.409 e. The summed E-state index contributed by atoms with van der Waals surface area (Å²) in [6.07, 6.45) is 3.08. The Labute approximate surface area is 119 Å². The van der Waals surface area contributed by atoms with Crippen LogP contribution in [-0.2, 0) is 11.2 Å². The number of piperidine rings is 1. The fourth-order valence-corrected chi connectivity index (χ4v) is 2.70. The van der Waals surface area contributed by atoms with Crippen molar-refractivity contribution in [3.05, 3.63) is 35.4 Å². The van der Waals surface area contributed by atoms with Crippen LogP contribution in [0.15, 0.2) is 29.4 Å². The van der Waals surface area contributed by atoms with Crippen LogP contribution in [0, 0.1) is 6.92 Å². The SMILES string of the molecule is Cc1cccc(CC(=O)N2CCCCC2C(N)=NO)c1. The molecule has 1 saturated heterocycles. The van der Waals surface area contributed by atoms with E-state index in [0.717, 1.165) is 30.4 Å². The lowest BCUT2D eigenvalue weighted by molar-refractivity contribution is -0.132. The summed E-state index contributed by atoms with van der Waals surface area (Å²) < 4.78 is 0. The fourth-order valence-electron chi connectivity index (χ4n) is 2.70. The molecule has 1 amide bonds. The molecular formula is C15H21N3O2. The number of amides is 1. The summed E-state index contributed by atoms with van der Waals surface area (Å²) in [7, 11) is 0. The number of nitrogens with two attached hydrogens (primary N) is 1. The molecule has 1 atom stereocenters. The first kappa shape index (κ1) is 14.4. The zero-order valence-electron chi connectivity index (χ0n) is 11.7. The molecule has 1 heterocycles. The predicted molar refractivity (Wildman–Crippen MR) is 77.6 cm³/mol. The smallest absolute Gasteiger partial charge is 0.227 e. The fraction of sp³-hybridized carbons (Fsp3) is 0.467. The van der Waals surface area contributed by atoms with Crippen molar-refractivity contribution in [2.24, 2.45) is 10.9 Å². The maximum Gasteiger partial charge on any atom is 0.227 e. The Bertz CT molecular complexity index is 514. The molecule has 1 unspecified atom stereocenters. The standard InChI is InChI=1S/C15H21N3O2/c1-11-5-4-6-12(9-11)10-14(19)18-8-3-2-7-13(18)15(16)17-20/h4-6,9,13,20H,2-3,7-8,10H2,1H3,(H2,16,17). The number of aryl methyl sites for hydroxylation is 1. The zero-order chi connectivity index (χ0) is 14.5. The van der Waals surface area contributed by atoms with Crippen molar-refractivity contribution >= 4 is 11.7 Å². The number of hydrogen-bond donors (Lipinski definition) is 2. The highest BCUT2D eigenvalue weighted by molar-refractivity contribution is 5.90. The van der Waals surface area contributed by atoms with Crippen LogP contribution >= 0.6 is 0 Å². The van der Waals surface area contributed by atoms with Crippen LogP contribution in [0.4, 0.5) is 0 Å². The number of nitrogens with zero attached hydrogens (tertiary/aromatic N) is 2. The summed E-state index contributed by atoms with van der Waals surface area (Å²) in [5, 5.41) is 11.9. The largest absolute Gasteiger partial charge is 0.409 e. The van der Waals surface area contributed by atoms with Gasteiger partial charge in [0.25, 0.3) is 0 Å². The number of carbonyl (C=O) groups excluding carboxylic acids is 1. The third kappa shape index (κ3) is 3.29. The number of rotatable bonds is 3. The van der Waals surface area contributed by atoms with Crippen molar-refractivity contribution in [1.82, 2.24) is 4.90 Å². The molecule has 5 nitrogen and oxygen atoms in total. The Morgan fingerprint density at radius 3 is 3.00 bits per heavy atom. The van der Waals surface area contributed by atoms with Crippen molar-refractivity contribution in [1.29, 1.82) is 0 Å². The molecule has 1 aromatic carbocycles. The van der Waals surface area contributed by atoms with Crippen LogP contribution in [0.1, 0.15) is 30.4 Å². The first-order valence-corrected chi connectivity index (χ1v) is 6.94. The predicted octanol–water partition coefficient (Wildman–Crippen LogP) is 1.67. The topological polar surface area (TPSA) is 78.9 Å². The third-order valence-corrected chi connectivity index (χ3v) is 3.72. The molecule has 1 fully saturated rings. The average Bonchev–Trinajstić information content (AvgIpc) is 2.46. The highest BCUT2D eigenvalue weighted by atomic mass is 16.4. The zero-order valence-corrected chi connectivity index (χ0v) is 11.7. The summed E-state index contributed by atoms with van der Waals surface area (Å²) in [4.78, 5) is 14.2. The Balaban J connectivity index is 2.10. The molecular weight excluding hydrogens is 254 g/mol. The molecule has 2 rings (SSSR count). The normalized spacial score (nSPS) is 19.9. The second-order valence-electron chi connectivity index (χ2n) is 5.29. The van der Waals surface area contributed by atoms with E-state index in [1.165, 1.54) is 0 Å². The lowest BCUT2D eigenvalue weighted by Gasteiger charge is -2.35. The highest BCUT2D eigenvalue weighted by Crippen LogP contribution is 2.19. The molecule has 0 aliphatic carbocycles. The van der Waals surface area contributed by atoms with Gasteiger partial charge in [-0.15, -0.1) is 0 Å². The van der Waals surface area contributed by atoms with E-state index in [1.807, 2.05) is 31.2 Å². The van der Waals surface area contributed by atoms with Gasteiger partial charge in [-0.05, 0) is 31.7 Å². The van der Waals surface area contributed by atoms with Gasteiger partial charge >= 0.3 is 0 Å². The summed E-state index contributed by atoms with van der Waals surface area (Å²) in [6.45, 7) is 2.68. The average molecular weight is 275 g/mol. The van der Waals surface area contributed by atoms with Crippen molar-refractivity contribution in [2.45, 2.75) is 38.6 Å². The Kier molecular flexibility index (Phi) is 4.61. The van der Waals surface area contributed by atoms with Crippen LogP contribution in [0.5, 0.6) is 0 Å². The molecule has 1 aliphatic heterocycles. The molecule has 0 aromatic heterocycles. The van der Waals surface area contributed by atoms with E-state index in [2.05, 4.69) is 5.16 Å². The number of carbonyl (C=O) groups is 1. The molecule has 0 saturated carbocycles. The van der Waals surface area contributed by atoms with Gasteiger partial charge in [-0.2, -0.15) is 0 Å². The highest BCUT2D eigenvalue weighted by Gasteiger charge is 2.29. The molecule has 20 heavy (non-hydrogen) atoms. The molecule has 1 aromatic rings. The second kappa shape index (κ2) is 6.41. The van der Waals surface area contributed by atoms with Crippen LogP contribution < -0.4 is 5.73 Å². The van der Waals surface area contributed by atoms with Gasteiger partial charge in [-0.3, -0.25) is 4.79 Å². The Morgan fingerprint density at radius 1 is 1.50 bits per heavy atom. The minimum atomic E-state index is -0.272. The first-order chi connectivity index (χ1) is 9.61. The quantitative estimate of drug-likeness (QED) is 0.381. The molecule has 0 spiro atoms. The number of amidine groups is 1. The number of likely N-dealkylation sites (tertiary alicyclic amines) is 1. The maximum atomic E-state index is 12.4. The van der Waals surface area contributed by atoms with Gasteiger partial charge in [0.2, 0.25) is 5.91 Å². The van der Waals surface area contributed by atoms with Gasteiger partial charge in [-0.1, -0.05) is 35.0 Å². The number of oxime groups is 1. The van der Waals surface area contributed by atoms with Gasteiger partial charge in [0.1, 0.15) is 0 Å². The van der Waals surface area contributed by atoms with Gasteiger partial charge in [0.05, 0.1) is 12.5 Å². The Hall–Kier alpha value is -2.04. The molecule has 5 heteroatoms. The minimum absolute atomic E-state index is 0.0342. The molecule has 0 radical (unpaired) electrons. The molecule has 1 aliphatic rings. The van der Waals surface area contributed by atoms with Gasteiger partial charge < -0.3 is 15.8 Å². The van der Waals surface area contributed by atoms with Crippen LogP contribution in [0.3, 0.4) is 0 Å². The van der Waals surface area contributed by atoms with E-state index in [9.17, 15) is 4.79 Å². The van der Waals surface area contributed by atoms with Gasteiger partial charge in [-0.25, -0.2) is 0 Å². The van der Waals surface area contributed by atoms with E-state index in [0.29, 0.717) is 13.0 Å². The van der Waals surface area contributed by atoms with Crippen molar-refractivity contribution in [3.8, 4) is 0 Å². The lowest BCUT2D eigenvalue weighted by atomic mass is 9.99. The van der Waals surface area contributed by atoms with Crippen LogP contribution in [-0.4, -0.2) is 34.4 Å². The van der Waals surface area contributed by atoms with Crippen LogP contribution in [0.25, 0.3) is 0 Å². The van der Waals surface area contributed by atoms with E-state index >= 15 is 0 Å². The Morgan fingerprint density at radius 2 is 2.30 bits per heavy atom. The monoisotopic (exact) mass is 275 g/mol. The van der Waals surface area contributed by atoms with Crippen LogP contribution in [0.2, 0.25) is 0 Å². The first-order valence-electron chi connectivity index (χ1n) is 6.94. The lowest BCUT2D eigenvalue weighted by Crippen LogP contribution is -2.51. The molecule has 3 N–H and O–H groups in total. The van der Waals surface area contributed by atoms with Crippen molar-refractivity contribution in [2.75, 3.05) is 6.54 Å². The van der Waals surface area contributed by atoms with E-state index in [-0.39, 0.29) is 17.8 Å². The summed E-state index contributed by atoms with van der Waals surface area (Å²) in [5.41, 5.74) is 7.84. The van der Waals surface area contributed by atoms with E-state index in [1.54, 1.807) is 4.90 Å². The van der Waals surface area contributed by atoms with E-state index in [4.69, 9.17) is 10.9 Å². The van der Waals surface area contributed by atoms with Crippen molar-refractivity contribution in [3.63, 3.8) is 0 Å². The van der Waals surface area contributed by atoms with Crippen molar-refractivity contribution < 1.29 is 10.0 Å². The third-order valence-electron chi connectivity index (χ3n) is 3.72. The van der Waals surface area contributed by atoms with Gasteiger partial charge in [0, 0.05) is 6.54 Å². The van der Waals surface area contributed by atoms with Gasteiger partial charge in [0.15, 0.2) is 5.84 Å². The summed E-state index contributed by atoms with van der Waals surface area (Å²) in [6, 6.07) is 7.66. The summed E-state index contributed by atoms with van der Waals surface area (Å²) in [5.74, 6) is 0.161.